The van der Waals surface area contributed by atoms with Gasteiger partial charge in [-0.25, -0.2) is 5.06 Å². The molecule has 1 aromatic rings. The first-order valence-electron chi connectivity index (χ1n) is 5.88. The number of hydroxylamine groups is 2. The Kier molecular flexibility index (Phi) is 3.98. The summed E-state index contributed by atoms with van der Waals surface area (Å²) in [5, 5.41) is 1.40. The van der Waals surface area contributed by atoms with Crippen LogP contribution in [0.2, 0.25) is 0 Å². The molecule has 92 valence electrons. The maximum absolute atomic E-state index is 11.7. The summed E-state index contributed by atoms with van der Waals surface area (Å²) in [7, 11) is 0. The summed E-state index contributed by atoms with van der Waals surface area (Å²) in [4.78, 5) is 17.0. The van der Waals surface area contributed by atoms with Gasteiger partial charge < -0.3 is 4.74 Å². The van der Waals surface area contributed by atoms with Gasteiger partial charge in [0.15, 0.2) is 6.61 Å². The number of carbonyl (C=O) groups is 1. The minimum absolute atomic E-state index is 0.0308. The predicted octanol–water partition coefficient (Wildman–Crippen LogP) is 1.93. The number of rotatable bonds is 3. The summed E-state index contributed by atoms with van der Waals surface area (Å²) in [5.74, 6) is 0.589. The van der Waals surface area contributed by atoms with Crippen LogP contribution in [0.15, 0.2) is 24.3 Å². The third-order valence-electron chi connectivity index (χ3n) is 2.66. The third-order valence-corrected chi connectivity index (χ3v) is 2.66. The molecule has 4 nitrogen and oxygen atoms in total. The molecule has 0 saturated carbocycles. The summed E-state index contributed by atoms with van der Waals surface area (Å²) in [6, 6.07) is 7.63. The molecule has 1 heterocycles. The number of benzene rings is 1. The number of amides is 1. The highest BCUT2D eigenvalue weighted by molar-refractivity contribution is 5.76. The molecule has 0 spiro atoms. The number of hydrogen-bond donors (Lipinski definition) is 0. The van der Waals surface area contributed by atoms with Crippen molar-refractivity contribution < 1.29 is 14.4 Å². The largest absolute Gasteiger partial charge is 0.484 e. The van der Waals surface area contributed by atoms with E-state index in [4.69, 9.17) is 9.57 Å². The molecular formula is C13H17NO3. The van der Waals surface area contributed by atoms with Crippen molar-refractivity contribution in [2.45, 2.75) is 19.8 Å². The van der Waals surface area contributed by atoms with Gasteiger partial charge in [0.1, 0.15) is 5.75 Å². The van der Waals surface area contributed by atoms with E-state index in [-0.39, 0.29) is 12.5 Å². The third kappa shape index (κ3) is 3.46. The van der Waals surface area contributed by atoms with Gasteiger partial charge >= 0.3 is 0 Å². The zero-order valence-corrected chi connectivity index (χ0v) is 10.0. The monoisotopic (exact) mass is 235 g/mol. The molecule has 0 aromatic heterocycles. The van der Waals surface area contributed by atoms with Gasteiger partial charge in [-0.05, 0) is 31.9 Å². The quantitative estimate of drug-likeness (QED) is 0.803. The lowest BCUT2D eigenvalue weighted by molar-refractivity contribution is -0.198. The maximum atomic E-state index is 11.7. The molecule has 0 radical (unpaired) electrons. The first-order chi connectivity index (χ1) is 8.25. The van der Waals surface area contributed by atoms with Crippen LogP contribution in [0.3, 0.4) is 0 Å². The Bertz CT molecular complexity index is 369. The Labute approximate surface area is 101 Å². The van der Waals surface area contributed by atoms with Gasteiger partial charge in [-0.2, -0.15) is 0 Å². The molecule has 1 aliphatic rings. The smallest absolute Gasteiger partial charge is 0.283 e. The van der Waals surface area contributed by atoms with Crippen LogP contribution in [-0.4, -0.2) is 30.7 Å². The highest BCUT2D eigenvalue weighted by atomic mass is 16.7. The van der Waals surface area contributed by atoms with Crippen LogP contribution in [0.5, 0.6) is 5.75 Å². The van der Waals surface area contributed by atoms with E-state index in [0.29, 0.717) is 18.9 Å². The van der Waals surface area contributed by atoms with E-state index >= 15 is 0 Å². The predicted molar refractivity (Wildman–Crippen MR) is 63.6 cm³/mol. The van der Waals surface area contributed by atoms with Crippen molar-refractivity contribution in [2.24, 2.45) is 0 Å². The van der Waals surface area contributed by atoms with Gasteiger partial charge in [0, 0.05) is 6.54 Å². The molecule has 2 rings (SSSR count). The van der Waals surface area contributed by atoms with Gasteiger partial charge in [-0.3, -0.25) is 9.63 Å². The van der Waals surface area contributed by atoms with E-state index in [0.717, 1.165) is 12.8 Å². The summed E-state index contributed by atoms with van der Waals surface area (Å²) in [6.45, 7) is 3.33. The van der Waals surface area contributed by atoms with Gasteiger partial charge in [-0.15, -0.1) is 0 Å². The van der Waals surface area contributed by atoms with E-state index in [2.05, 4.69) is 0 Å². The number of nitrogens with zero attached hydrogens (tertiary/aromatic N) is 1. The molecular weight excluding hydrogens is 218 g/mol. The Morgan fingerprint density at radius 3 is 2.76 bits per heavy atom. The van der Waals surface area contributed by atoms with Crippen molar-refractivity contribution in [1.82, 2.24) is 5.06 Å². The first kappa shape index (κ1) is 11.9. The van der Waals surface area contributed by atoms with Gasteiger partial charge in [0.2, 0.25) is 0 Å². The van der Waals surface area contributed by atoms with Crippen LogP contribution in [0, 0.1) is 6.92 Å². The highest BCUT2D eigenvalue weighted by Crippen LogP contribution is 2.12. The molecule has 1 saturated heterocycles. The molecule has 0 unspecified atom stereocenters. The second kappa shape index (κ2) is 5.68. The van der Waals surface area contributed by atoms with Gasteiger partial charge in [0.05, 0.1) is 6.61 Å². The number of hydrogen-bond acceptors (Lipinski definition) is 3. The molecule has 0 bridgehead atoms. The number of aryl methyl sites for hydroxylation is 1. The zero-order valence-electron chi connectivity index (χ0n) is 10.0. The maximum Gasteiger partial charge on any atom is 0.283 e. The van der Waals surface area contributed by atoms with Crippen LogP contribution in [0.25, 0.3) is 0 Å². The molecule has 0 atom stereocenters. The van der Waals surface area contributed by atoms with Crippen molar-refractivity contribution in [3.8, 4) is 5.75 Å². The Morgan fingerprint density at radius 2 is 2.12 bits per heavy atom. The van der Waals surface area contributed by atoms with Crippen LogP contribution in [0.4, 0.5) is 0 Å². The molecule has 1 aliphatic heterocycles. The average Bonchev–Trinajstić information content (AvgIpc) is 2.39. The molecule has 1 amide bonds. The van der Waals surface area contributed by atoms with Crippen molar-refractivity contribution in [3.05, 3.63) is 29.8 Å². The van der Waals surface area contributed by atoms with E-state index in [1.807, 2.05) is 31.2 Å². The molecule has 0 aliphatic carbocycles. The van der Waals surface area contributed by atoms with Crippen LogP contribution < -0.4 is 4.74 Å². The molecule has 1 aromatic carbocycles. The van der Waals surface area contributed by atoms with E-state index in [1.165, 1.54) is 10.6 Å². The van der Waals surface area contributed by atoms with Crippen LogP contribution in [-0.2, 0) is 9.63 Å². The standard InChI is InChI=1S/C13H17NO3/c1-11-4-6-12(7-5-11)16-10-13(15)14-8-2-3-9-17-14/h4-7H,2-3,8-10H2,1H3. The van der Waals surface area contributed by atoms with E-state index < -0.39 is 0 Å². The fourth-order valence-electron chi connectivity index (χ4n) is 1.65. The molecule has 4 heteroatoms. The summed E-state index contributed by atoms with van der Waals surface area (Å²) in [6.07, 6.45) is 2.01. The first-order valence-corrected chi connectivity index (χ1v) is 5.88. The second-order valence-electron chi connectivity index (χ2n) is 4.14. The second-order valence-corrected chi connectivity index (χ2v) is 4.14. The Balaban J connectivity index is 1.81. The minimum Gasteiger partial charge on any atom is -0.484 e. The van der Waals surface area contributed by atoms with Crippen molar-refractivity contribution in [3.63, 3.8) is 0 Å². The average molecular weight is 235 g/mol. The van der Waals surface area contributed by atoms with Gasteiger partial charge in [-0.1, -0.05) is 17.7 Å². The normalized spacial score (nSPS) is 15.7. The SMILES string of the molecule is Cc1ccc(OCC(=O)N2CCCCO2)cc1. The summed E-state index contributed by atoms with van der Waals surface area (Å²) >= 11 is 0. The number of carbonyl (C=O) groups excluding carboxylic acids is 1. The van der Waals surface area contributed by atoms with Gasteiger partial charge in [0.25, 0.3) is 5.91 Å². The molecule has 0 N–H and O–H groups in total. The highest BCUT2D eigenvalue weighted by Gasteiger charge is 2.17. The van der Waals surface area contributed by atoms with E-state index in [1.54, 1.807) is 0 Å². The van der Waals surface area contributed by atoms with Crippen LogP contribution >= 0.6 is 0 Å². The lowest BCUT2D eigenvalue weighted by Crippen LogP contribution is -2.38. The Morgan fingerprint density at radius 1 is 1.35 bits per heavy atom. The number of ether oxygens (including phenoxy) is 1. The van der Waals surface area contributed by atoms with Crippen molar-refractivity contribution >= 4 is 5.91 Å². The van der Waals surface area contributed by atoms with Crippen molar-refractivity contribution in [1.29, 1.82) is 0 Å². The lowest BCUT2D eigenvalue weighted by atomic mass is 10.2. The van der Waals surface area contributed by atoms with E-state index in [9.17, 15) is 4.79 Å². The summed E-state index contributed by atoms with van der Waals surface area (Å²) in [5.41, 5.74) is 1.17. The molecule has 17 heavy (non-hydrogen) atoms. The zero-order chi connectivity index (χ0) is 12.1. The fraction of sp³-hybridized carbons (Fsp3) is 0.462. The topological polar surface area (TPSA) is 38.8 Å². The Hall–Kier alpha value is -1.55. The van der Waals surface area contributed by atoms with Crippen LogP contribution in [0.1, 0.15) is 18.4 Å². The summed E-state index contributed by atoms with van der Waals surface area (Å²) < 4.78 is 5.40. The molecule has 1 fully saturated rings. The minimum atomic E-state index is -0.120. The van der Waals surface area contributed by atoms with Crippen molar-refractivity contribution in [2.75, 3.05) is 19.8 Å². The fourth-order valence-corrected chi connectivity index (χ4v) is 1.65. The lowest BCUT2D eigenvalue weighted by Gasteiger charge is -2.25.